The number of ether oxygens (including phenoxy) is 1. The van der Waals surface area contributed by atoms with Crippen molar-refractivity contribution >= 4 is 39.2 Å². The summed E-state index contributed by atoms with van der Waals surface area (Å²) in [5, 5.41) is 3.64. The van der Waals surface area contributed by atoms with E-state index in [0.717, 1.165) is 5.76 Å². The van der Waals surface area contributed by atoms with Gasteiger partial charge in [-0.1, -0.05) is 11.6 Å². The molecule has 0 saturated carbocycles. The molecule has 1 heterocycles. The van der Waals surface area contributed by atoms with E-state index < -0.39 is 5.97 Å². The molecule has 4 nitrogen and oxygen atoms in total. The maximum Gasteiger partial charge on any atom is 0.339 e. The fourth-order valence-electron chi connectivity index (χ4n) is 1.58. The van der Waals surface area contributed by atoms with E-state index in [1.54, 1.807) is 24.3 Å². The van der Waals surface area contributed by atoms with Gasteiger partial charge in [0, 0.05) is 5.02 Å². The standard InChI is InChI=1S/C13H11BrClNO3/c1-18-13(17)10-4-2-8(15)6-11(10)16-7-9-3-5-12(14)19-9/h2-6,16H,7H2,1H3. The van der Waals surface area contributed by atoms with Crippen LogP contribution in [0.15, 0.2) is 39.4 Å². The predicted molar refractivity (Wildman–Crippen MR) is 76.5 cm³/mol. The molecule has 0 bridgehead atoms. The van der Waals surface area contributed by atoms with E-state index in [-0.39, 0.29) is 0 Å². The maximum absolute atomic E-state index is 11.6. The van der Waals surface area contributed by atoms with Crippen molar-refractivity contribution in [3.63, 3.8) is 0 Å². The van der Waals surface area contributed by atoms with Gasteiger partial charge in [0.1, 0.15) is 5.76 Å². The molecule has 0 unspecified atom stereocenters. The van der Waals surface area contributed by atoms with Crippen molar-refractivity contribution < 1.29 is 13.9 Å². The second-order valence-corrected chi connectivity index (χ2v) is 4.96. The number of rotatable bonds is 4. The van der Waals surface area contributed by atoms with E-state index in [1.807, 2.05) is 6.07 Å². The summed E-state index contributed by atoms with van der Waals surface area (Å²) in [6, 6.07) is 8.57. The van der Waals surface area contributed by atoms with E-state index in [1.165, 1.54) is 7.11 Å². The minimum Gasteiger partial charge on any atom is -0.465 e. The minimum atomic E-state index is -0.417. The van der Waals surface area contributed by atoms with Crippen LogP contribution in [-0.4, -0.2) is 13.1 Å². The molecular weight excluding hydrogens is 334 g/mol. The van der Waals surface area contributed by atoms with Crippen LogP contribution in [-0.2, 0) is 11.3 Å². The van der Waals surface area contributed by atoms with Crippen LogP contribution in [0.3, 0.4) is 0 Å². The highest BCUT2D eigenvalue weighted by Crippen LogP contribution is 2.23. The summed E-state index contributed by atoms with van der Waals surface area (Å²) in [6.07, 6.45) is 0. The zero-order chi connectivity index (χ0) is 13.8. The first-order valence-electron chi connectivity index (χ1n) is 5.46. The third-order valence-electron chi connectivity index (χ3n) is 2.47. The van der Waals surface area contributed by atoms with E-state index >= 15 is 0 Å². The Morgan fingerprint density at radius 3 is 2.84 bits per heavy atom. The van der Waals surface area contributed by atoms with Crippen molar-refractivity contribution in [1.82, 2.24) is 0 Å². The Labute approximate surface area is 123 Å². The van der Waals surface area contributed by atoms with E-state index in [2.05, 4.69) is 21.2 Å². The summed E-state index contributed by atoms with van der Waals surface area (Å²) in [5.41, 5.74) is 1.03. The van der Waals surface area contributed by atoms with Crippen LogP contribution in [0.25, 0.3) is 0 Å². The van der Waals surface area contributed by atoms with Gasteiger partial charge in [-0.3, -0.25) is 0 Å². The van der Waals surface area contributed by atoms with E-state index in [4.69, 9.17) is 20.8 Å². The lowest BCUT2D eigenvalue weighted by molar-refractivity contribution is 0.0602. The highest BCUT2D eigenvalue weighted by Gasteiger charge is 2.12. The maximum atomic E-state index is 11.6. The van der Waals surface area contributed by atoms with Crippen LogP contribution in [0, 0.1) is 0 Å². The van der Waals surface area contributed by atoms with Gasteiger partial charge >= 0.3 is 5.97 Å². The first kappa shape index (κ1) is 14.0. The number of nitrogens with one attached hydrogen (secondary N) is 1. The van der Waals surface area contributed by atoms with Crippen LogP contribution in [0.5, 0.6) is 0 Å². The molecule has 1 aromatic heterocycles. The summed E-state index contributed by atoms with van der Waals surface area (Å²) in [4.78, 5) is 11.6. The van der Waals surface area contributed by atoms with E-state index in [0.29, 0.717) is 27.5 Å². The zero-order valence-electron chi connectivity index (χ0n) is 10.1. The lowest BCUT2D eigenvalue weighted by atomic mass is 10.1. The first-order chi connectivity index (χ1) is 9.10. The second-order valence-electron chi connectivity index (χ2n) is 3.74. The molecule has 0 saturated heterocycles. The average Bonchev–Trinajstić information content (AvgIpc) is 2.81. The number of hydrogen-bond acceptors (Lipinski definition) is 4. The Morgan fingerprint density at radius 1 is 1.42 bits per heavy atom. The topological polar surface area (TPSA) is 51.5 Å². The molecule has 6 heteroatoms. The molecule has 19 heavy (non-hydrogen) atoms. The second kappa shape index (κ2) is 6.12. The predicted octanol–water partition coefficient (Wildman–Crippen LogP) is 4.09. The highest BCUT2D eigenvalue weighted by atomic mass is 79.9. The molecule has 0 aliphatic heterocycles. The molecule has 0 aliphatic rings. The van der Waals surface area contributed by atoms with Gasteiger partial charge in [-0.15, -0.1) is 0 Å². The molecule has 0 aliphatic carbocycles. The van der Waals surface area contributed by atoms with Gasteiger partial charge in [0.15, 0.2) is 4.67 Å². The number of hydrogen-bond donors (Lipinski definition) is 1. The molecule has 1 aromatic carbocycles. The first-order valence-corrected chi connectivity index (χ1v) is 6.63. The number of anilines is 1. The van der Waals surface area contributed by atoms with Crippen molar-refractivity contribution in [2.24, 2.45) is 0 Å². The van der Waals surface area contributed by atoms with Gasteiger partial charge in [0.25, 0.3) is 0 Å². The SMILES string of the molecule is COC(=O)c1ccc(Cl)cc1NCc1ccc(Br)o1. The van der Waals surface area contributed by atoms with Crippen molar-refractivity contribution in [2.45, 2.75) is 6.54 Å². The zero-order valence-corrected chi connectivity index (χ0v) is 12.4. The number of esters is 1. The quantitative estimate of drug-likeness (QED) is 0.849. The fourth-order valence-corrected chi connectivity index (χ4v) is 2.09. The number of furan rings is 1. The summed E-state index contributed by atoms with van der Waals surface area (Å²) in [6.45, 7) is 0.440. The number of carbonyl (C=O) groups is 1. The van der Waals surface area contributed by atoms with Crippen molar-refractivity contribution in [3.05, 3.63) is 51.3 Å². The molecule has 1 N–H and O–H groups in total. The smallest absolute Gasteiger partial charge is 0.339 e. The van der Waals surface area contributed by atoms with Crippen molar-refractivity contribution in [2.75, 3.05) is 12.4 Å². The fraction of sp³-hybridized carbons (Fsp3) is 0.154. The van der Waals surface area contributed by atoms with Crippen LogP contribution in [0.4, 0.5) is 5.69 Å². The lowest BCUT2D eigenvalue weighted by Gasteiger charge is -2.10. The highest BCUT2D eigenvalue weighted by molar-refractivity contribution is 9.10. The Balaban J connectivity index is 2.18. The van der Waals surface area contributed by atoms with Gasteiger partial charge in [0.05, 0.1) is 24.9 Å². The molecule has 0 radical (unpaired) electrons. The Bertz CT molecular complexity index is 597. The monoisotopic (exact) mass is 343 g/mol. The van der Waals surface area contributed by atoms with Gasteiger partial charge in [-0.25, -0.2) is 4.79 Å². The van der Waals surface area contributed by atoms with Crippen LogP contribution >= 0.6 is 27.5 Å². The number of benzene rings is 1. The third-order valence-corrected chi connectivity index (χ3v) is 3.13. The summed E-state index contributed by atoms with van der Waals surface area (Å²) < 4.78 is 10.7. The molecule has 2 aromatic rings. The molecule has 0 amide bonds. The van der Waals surface area contributed by atoms with Gasteiger partial charge in [0.2, 0.25) is 0 Å². The Kier molecular flexibility index (Phi) is 4.50. The van der Waals surface area contributed by atoms with E-state index in [9.17, 15) is 4.79 Å². The Hall–Kier alpha value is -1.46. The normalized spacial score (nSPS) is 10.3. The summed E-state index contributed by atoms with van der Waals surface area (Å²) >= 11 is 9.16. The van der Waals surface area contributed by atoms with Gasteiger partial charge in [-0.2, -0.15) is 0 Å². The molecule has 0 fully saturated rings. The van der Waals surface area contributed by atoms with Crippen LogP contribution in [0.2, 0.25) is 5.02 Å². The number of carbonyl (C=O) groups excluding carboxylic acids is 1. The molecule has 0 spiro atoms. The molecular formula is C13H11BrClNO3. The lowest BCUT2D eigenvalue weighted by Crippen LogP contribution is -2.08. The average molecular weight is 345 g/mol. The van der Waals surface area contributed by atoms with Gasteiger partial charge in [-0.05, 0) is 46.3 Å². The largest absolute Gasteiger partial charge is 0.465 e. The van der Waals surface area contributed by atoms with Crippen LogP contribution in [0.1, 0.15) is 16.1 Å². The summed E-state index contributed by atoms with van der Waals surface area (Å²) in [5.74, 6) is 0.322. The van der Waals surface area contributed by atoms with Crippen molar-refractivity contribution in [1.29, 1.82) is 0 Å². The molecule has 2 rings (SSSR count). The molecule has 100 valence electrons. The molecule has 0 atom stereocenters. The number of methoxy groups -OCH3 is 1. The Morgan fingerprint density at radius 2 is 2.21 bits per heavy atom. The van der Waals surface area contributed by atoms with Crippen molar-refractivity contribution in [3.8, 4) is 0 Å². The van der Waals surface area contributed by atoms with Crippen LogP contribution < -0.4 is 5.32 Å². The summed E-state index contributed by atoms with van der Waals surface area (Å²) in [7, 11) is 1.34. The number of halogens is 2. The third kappa shape index (κ3) is 3.52. The van der Waals surface area contributed by atoms with Gasteiger partial charge < -0.3 is 14.5 Å². The minimum absolute atomic E-state index is 0.417.